The summed E-state index contributed by atoms with van der Waals surface area (Å²) in [6.07, 6.45) is 2.04. The molecule has 0 radical (unpaired) electrons. The Morgan fingerprint density at radius 1 is 1.27 bits per heavy atom. The van der Waals surface area contributed by atoms with Crippen molar-refractivity contribution in [2.45, 2.75) is 37.1 Å². The third kappa shape index (κ3) is 4.16. The third-order valence-electron chi connectivity index (χ3n) is 3.64. The van der Waals surface area contributed by atoms with Gasteiger partial charge < -0.3 is 5.32 Å². The predicted molar refractivity (Wildman–Crippen MR) is 83.7 cm³/mol. The van der Waals surface area contributed by atoms with Crippen LogP contribution >= 0.6 is 12.4 Å². The fraction of sp³-hybridized carbons (Fsp3) is 0.571. The van der Waals surface area contributed by atoms with Gasteiger partial charge in [0, 0.05) is 18.7 Å². The summed E-state index contributed by atoms with van der Waals surface area (Å²) in [6.45, 7) is 3.70. The minimum atomic E-state index is -3.95. The average Bonchev–Trinajstić information content (AvgIpc) is 2.45. The molecule has 1 N–H and O–H groups in total. The van der Waals surface area contributed by atoms with Gasteiger partial charge in [-0.25, -0.2) is 17.2 Å². The summed E-state index contributed by atoms with van der Waals surface area (Å²) in [6, 6.07) is 2.45. The summed E-state index contributed by atoms with van der Waals surface area (Å²) in [5.41, 5.74) is 0. The topological polar surface area (TPSA) is 49.4 Å². The summed E-state index contributed by atoms with van der Waals surface area (Å²) in [7, 11) is -3.95. The summed E-state index contributed by atoms with van der Waals surface area (Å²) >= 11 is 0. The molecule has 4 nitrogen and oxygen atoms in total. The van der Waals surface area contributed by atoms with E-state index in [1.54, 1.807) is 0 Å². The van der Waals surface area contributed by atoms with Crippen LogP contribution in [0.3, 0.4) is 0 Å². The number of hydrogen-bond acceptors (Lipinski definition) is 3. The molecular weight excluding hydrogens is 334 g/mol. The zero-order valence-electron chi connectivity index (χ0n) is 12.4. The molecular formula is C14H21ClF2N2O2S. The Labute approximate surface area is 136 Å². The summed E-state index contributed by atoms with van der Waals surface area (Å²) in [5.74, 6) is -1.82. The molecule has 0 amide bonds. The summed E-state index contributed by atoms with van der Waals surface area (Å²) in [5, 5.41) is 3.18. The molecule has 1 aromatic carbocycles. The van der Waals surface area contributed by atoms with Crippen LogP contribution in [0.5, 0.6) is 0 Å². The van der Waals surface area contributed by atoms with Crippen LogP contribution in [0.1, 0.15) is 26.2 Å². The summed E-state index contributed by atoms with van der Waals surface area (Å²) < 4.78 is 53.6. The predicted octanol–water partition coefficient (Wildman–Crippen LogP) is 2.54. The lowest BCUT2D eigenvalue weighted by molar-refractivity contribution is 0.261. The van der Waals surface area contributed by atoms with Gasteiger partial charge >= 0.3 is 0 Å². The van der Waals surface area contributed by atoms with Crippen molar-refractivity contribution in [3.63, 3.8) is 0 Å². The van der Waals surface area contributed by atoms with Crippen LogP contribution in [0.4, 0.5) is 8.78 Å². The first kappa shape index (κ1) is 19.3. The van der Waals surface area contributed by atoms with Gasteiger partial charge in [-0.2, -0.15) is 4.31 Å². The lowest BCUT2D eigenvalue weighted by Gasteiger charge is -2.33. The second-order valence-corrected chi connectivity index (χ2v) is 7.03. The molecule has 0 unspecified atom stereocenters. The van der Waals surface area contributed by atoms with E-state index >= 15 is 0 Å². The maximum atomic E-state index is 13.9. The zero-order valence-corrected chi connectivity index (χ0v) is 14.0. The van der Waals surface area contributed by atoms with Crippen molar-refractivity contribution in [2.75, 3.05) is 19.6 Å². The van der Waals surface area contributed by atoms with E-state index in [0.717, 1.165) is 25.2 Å². The second-order valence-electron chi connectivity index (χ2n) is 5.17. The van der Waals surface area contributed by atoms with E-state index in [-0.39, 0.29) is 18.4 Å². The van der Waals surface area contributed by atoms with Crippen LogP contribution in [0.15, 0.2) is 23.1 Å². The summed E-state index contributed by atoms with van der Waals surface area (Å²) in [4.78, 5) is -0.448. The Morgan fingerprint density at radius 2 is 1.91 bits per heavy atom. The Hall–Kier alpha value is -0.760. The average molecular weight is 355 g/mol. The molecule has 0 saturated carbocycles. The highest BCUT2D eigenvalue weighted by atomic mass is 35.5. The van der Waals surface area contributed by atoms with Crippen LogP contribution < -0.4 is 5.32 Å². The first-order valence-corrected chi connectivity index (χ1v) is 8.58. The van der Waals surface area contributed by atoms with Gasteiger partial charge in [-0.1, -0.05) is 6.92 Å². The van der Waals surface area contributed by atoms with Crippen molar-refractivity contribution in [2.24, 2.45) is 0 Å². The standard InChI is InChI=1S/C14H20F2N2O2S.ClH/c1-2-9-18(12-5-7-17-8-6-12)21(19,20)14-4-3-11(15)10-13(14)16;/h3-4,10,12,17H,2,5-9H2,1H3;1H. The number of benzene rings is 1. The highest BCUT2D eigenvalue weighted by molar-refractivity contribution is 7.89. The smallest absolute Gasteiger partial charge is 0.246 e. The quantitative estimate of drug-likeness (QED) is 0.884. The molecule has 0 aromatic heterocycles. The van der Waals surface area contributed by atoms with Crippen molar-refractivity contribution in [1.82, 2.24) is 9.62 Å². The molecule has 126 valence electrons. The molecule has 1 aromatic rings. The maximum Gasteiger partial charge on any atom is 0.246 e. The van der Waals surface area contributed by atoms with Gasteiger partial charge in [-0.15, -0.1) is 12.4 Å². The van der Waals surface area contributed by atoms with Crippen molar-refractivity contribution >= 4 is 22.4 Å². The molecule has 1 saturated heterocycles. The van der Waals surface area contributed by atoms with Crippen molar-refractivity contribution in [3.8, 4) is 0 Å². The molecule has 2 rings (SSSR count). The van der Waals surface area contributed by atoms with Gasteiger partial charge in [0.2, 0.25) is 10.0 Å². The van der Waals surface area contributed by atoms with Crippen molar-refractivity contribution < 1.29 is 17.2 Å². The van der Waals surface area contributed by atoms with E-state index in [0.29, 0.717) is 31.9 Å². The highest BCUT2D eigenvalue weighted by Gasteiger charge is 2.33. The van der Waals surface area contributed by atoms with E-state index in [2.05, 4.69) is 5.32 Å². The molecule has 0 atom stereocenters. The van der Waals surface area contributed by atoms with Gasteiger partial charge in [0.15, 0.2) is 0 Å². The number of sulfonamides is 1. The van der Waals surface area contributed by atoms with Gasteiger partial charge in [0.25, 0.3) is 0 Å². The number of piperidine rings is 1. The Balaban J connectivity index is 0.00000242. The normalized spacial score (nSPS) is 16.5. The van der Waals surface area contributed by atoms with E-state index < -0.39 is 26.6 Å². The maximum absolute atomic E-state index is 13.9. The van der Waals surface area contributed by atoms with Gasteiger partial charge in [0.05, 0.1) is 0 Å². The zero-order chi connectivity index (χ0) is 15.5. The molecule has 1 aliphatic rings. The number of hydrogen-bond donors (Lipinski definition) is 1. The lowest BCUT2D eigenvalue weighted by Crippen LogP contribution is -2.46. The third-order valence-corrected chi connectivity index (χ3v) is 5.63. The van der Waals surface area contributed by atoms with Crippen LogP contribution in [-0.4, -0.2) is 38.4 Å². The fourth-order valence-corrected chi connectivity index (χ4v) is 4.45. The second kappa shape index (κ2) is 8.19. The van der Waals surface area contributed by atoms with Gasteiger partial charge in [-0.05, 0) is 44.5 Å². The number of nitrogens with zero attached hydrogens (tertiary/aromatic N) is 1. The SMILES string of the molecule is CCCN(C1CCNCC1)S(=O)(=O)c1ccc(F)cc1F.Cl. The van der Waals surface area contributed by atoms with E-state index in [4.69, 9.17) is 0 Å². The number of rotatable bonds is 5. The van der Waals surface area contributed by atoms with Crippen molar-refractivity contribution in [3.05, 3.63) is 29.8 Å². The Kier molecular flexibility index (Phi) is 7.18. The first-order valence-electron chi connectivity index (χ1n) is 7.14. The fourth-order valence-electron chi connectivity index (χ4n) is 2.62. The minimum absolute atomic E-state index is 0. The Bertz CT molecular complexity index is 593. The van der Waals surface area contributed by atoms with Gasteiger partial charge in [-0.3, -0.25) is 0 Å². The number of nitrogens with one attached hydrogen (secondary N) is 1. The molecule has 1 heterocycles. The Morgan fingerprint density at radius 3 is 2.45 bits per heavy atom. The molecule has 1 aliphatic heterocycles. The van der Waals surface area contributed by atoms with Crippen LogP contribution in [0.25, 0.3) is 0 Å². The molecule has 0 bridgehead atoms. The van der Waals surface area contributed by atoms with Crippen LogP contribution in [0, 0.1) is 11.6 Å². The van der Waals surface area contributed by atoms with E-state index in [1.165, 1.54) is 4.31 Å². The molecule has 0 aliphatic carbocycles. The van der Waals surface area contributed by atoms with Crippen LogP contribution in [0.2, 0.25) is 0 Å². The molecule has 8 heteroatoms. The molecule has 0 spiro atoms. The largest absolute Gasteiger partial charge is 0.317 e. The highest BCUT2D eigenvalue weighted by Crippen LogP contribution is 2.25. The number of halogens is 3. The van der Waals surface area contributed by atoms with Crippen molar-refractivity contribution in [1.29, 1.82) is 0 Å². The molecule has 22 heavy (non-hydrogen) atoms. The van der Waals surface area contributed by atoms with E-state index in [9.17, 15) is 17.2 Å². The molecule has 1 fully saturated rings. The van der Waals surface area contributed by atoms with E-state index in [1.807, 2.05) is 6.92 Å². The minimum Gasteiger partial charge on any atom is -0.317 e. The van der Waals surface area contributed by atoms with Crippen LogP contribution in [-0.2, 0) is 10.0 Å². The monoisotopic (exact) mass is 354 g/mol. The van der Waals surface area contributed by atoms with Gasteiger partial charge in [0.1, 0.15) is 16.5 Å². The first-order chi connectivity index (χ1) is 9.96. The lowest BCUT2D eigenvalue weighted by atomic mass is 10.1.